The Morgan fingerprint density at radius 3 is 2.95 bits per heavy atom. The topological polar surface area (TPSA) is 66.5 Å². The lowest BCUT2D eigenvalue weighted by Crippen LogP contribution is -2.01. The minimum atomic E-state index is 0.208. The Kier molecular flexibility index (Phi) is 3.35. The SMILES string of the molecule is CCc1ccc(CNc2nc(Cl)nc3[nH]ncc23)s1. The summed E-state index contributed by atoms with van der Waals surface area (Å²) in [5.41, 5.74) is 0.642. The van der Waals surface area contributed by atoms with Gasteiger partial charge in [-0.15, -0.1) is 11.3 Å². The third-order valence-corrected chi connectivity index (χ3v) is 4.18. The predicted molar refractivity (Wildman–Crippen MR) is 77.7 cm³/mol. The van der Waals surface area contributed by atoms with Crippen molar-refractivity contribution in [2.24, 2.45) is 0 Å². The van der Waals surface area contributed by atoms with Crippen molar-refractivity contribution in [1.29, 1.82) is 0 Å². The van der Waals surface area contributed by atoms with E-state index in [-0.39, 0.29) is 5.28 Å². The summed E-state index contributed by atoms with van der Waals surface area (Å²) in [6, 6.07) is 4.29. The molecule has 3 rings (SSSR count). The standard InChI is InChI=1S/C12H12ClN5S/c1-2-7-3-4-8(19-7)5-14-10-9-6-15-18-11(9)17-12(13)16-10/h3-4,6H,2,5H2,1H3,(H2,14,15,16,17,18). The van der Waals surface area contributed by atoms with Crippen LogP contribution < -0.4 is 5.32 Å². The van der Waals surface area contributed by atoms with Crippen molar-refractivity contribution in [2.45, 2.75) is 19.9 Å². The number of H-pyrrole nitrogens is 1. The van der Waals surface area contributed by atoms with Crippen LogP contribution in [0.15, 0.2) is 18.3 Å². The molecule has 0 atom stereocenters. The maximum absolute atomic E-state index is 5.88. The summed E-state index contributed by atoms with van der Waals surface area (Å²) in [6.45, 7) is 2.88. The van der Waals surface area contributed by atoms with Crippen LogP contribution in [0.25, 0.3) is 11.0 Å². The summed E-state index contributed by atoms with van der Waals surface area (Å²) in [6.07, 6.45) is 2.76. The fraction of sp³-hybridized carbons (Fsp3) is 0.250. The van der Waals surface area contributed by atoms with Gasteiger partial charge in [-0.05, 0) is 30.2 Å². The maximum atomic E-state index is 5.88. The minimum absolute atomic E-state index is 0.208. The average Bonchev–Trinajstić information content (AvgIpc) is 3.03. The zero-order valence-electron chi connectivity index (χ0n) is 10.3. The summed E-state index contributed by atoms with van der Waals surface area (Å²) < 4.78 is 0. The van der Waals surface area contributed by atoms with Gasteiger partial charge in [-0.3, -0.25) is 5.10 Å². The molecular formula is C12H12ClN5S. The molecule has 0 aromatic carbocycles. The smallest absolute Gasteiger partial charge is 0.226 e. The first-order valence-electron chi connectivity index (χ1n) is 5.94. The van der Waals surface area contributed by atoms with Gasteiger partial charge in [0.2, 0.25) is 5.28 Å². The van der Waals surface area contributed by atoms with Crippen LogP contribution >= 0.6 is 22.9 Å². The molecule has 0 aliphatic heterocycles. The van der Waals surface area contributed by atoms with Gasteiger partial charge in [-0.1, -0.05) is 6.92 Å². The van der Waals surface area contributed by atoms with Crippen LogP contribution in [0, 0.1) is 0 Å². The van der Waals surface area contributed by atoms with E-state index in [9.17, 15) is 0 Å². The Bertz CT molecular complexity index is 705. The Hall–Kier alpha value is -1.66. The highest BCUT2D eigenvalue weighted by molar-refractivity contribution is 7.12. The van der Waals surface area contributed by atoms with Gasteiger partial charge in [0, 0.05) is 9.75 Å². The number of thiophene rings is 1. The van der Waals surface area contributed by atoms with Crippen molar-refractivity contribution >= 4 is 39.8 Å². The van der Waals surface area contributed by atoms with E-state index in [2.05, 4.69) is 44.5 Å². The first-order valence-corrected chi connectivity index (χ1v) is 7.14. The van der Waals surface area contributed by atoms with Gasteiger partial charge >= 0.3 is 0 Å². The molecule has 0 aliphatic carbocycles. The normalized spacial score (nSPS) is 11.1. The third kappa shape index (κ3) is 2.54. The Labute approximate surface area is 119 Å². The molecule has 3 heterocycles. The highest BCUT2D eigenvalue weighted by Gasteiger charge is 2.08. The highest BCUT2D eigenvalue weighted by atomic mass is 35.5. The van der Waals surface area contributed by atoms with Gasteiger partial charge in [-0.25, -0.2) is 0 Å². The maximum Gasteiger partial charge on any atom is 0.226 e. The van der Waals surface area contributed by atoms with Crippen molar-refractivity contribution in [2.75, 3.05) is 5.32 Å². The molecule has 3 aromatic heterocycles. The van der Waals surface area contributed by atoms with Gasteiger partial charge in [0.1, 0.15) is 5.82 Å². The van der Waals surface area contributed by atoms with E-state index in [1.165, 1.54) is 9.75 Å². The van der Waals surface area contributed by atoms with E-state index >= 15 is 0 Å². The van der Waals surface area contributed by atoms with E-state index in [0.29, 0.717) is 11.5 Å². The molecule has 3 aromatic rings. The molecule has 0 fully saturated rings. The molecule has 0 spiro atoms. The number of hydrogen-bond donors (Lipinski definition) is 2. The van der Waals surface area contributed by atoms with Crippen molar-refractivity contribution in [1.82, 2.24) is 20.2 Å². The lowest BCUT2D eigenvalue weighted by molar-refractivity contribution is 1.08. The first kappa shape index (κ1) is 12.4. The molecule has 98 valence electrons. The molecule has 0 amide bonds. The molecule has 0 saturated heterocycles. The van der Waals surface area contributed by atoms with E-state index < -0.39 is 0 Å². The molecule has 0 aliphatic rings. The number of halogens is 1. The van der Waals surface area contributed by atoms with Crippen molar-refractivity contribution < 1.29 is 0 Å². The van der Waals surface area contributed by atoms with Gasteiger partial charge in [0.15, 0.2) is 5.65 Å². The number of anilines is 1. The number of nitrogens with zero attached hydrogens (tertiary/aromatic N) is 3. The van der Waals surface area contributed by atoms with E-state index in [4.69, 9.17) is 11.6 Å². The predicted octanol–water partition coefficient (Wildman–Crippen LogP) is 3.24. The molecule has 0 saturated carbocycles. The molecule has 5 nitrogen and oxygen atoms in total. The summed E-state index contributed by atoms with van der Waals surface area (Å²) >= 11 is 7.68. The van der Waals surface area contributed by atoms with Crippen LogP contribution in [0.4, 0.5) is 5.82 Å². The number of hydrogen-bond acceptors (Lipinski definition) is 5. The second kappa shape index (κ2) is 5.14. The van der Waals surface area contributed by atoms with Gasteiger partial charge in [-0.2, -0.15) is 15.1 Å². The Balaban J connectivity index is 1.83. The second-order valence-corrected chi connectivity index (χ2v) is 5.64. The van der Waals surface area contributed by atoms with Gasteiger partial charge < -0.3 is 5.32 Å². The average molecular weight is 294 g/mol. The summed E-state index contributed by atoms with van der Waals surface area (Å²) in [4.78, 5) is 10.9. The summed E-state index contributed by atoms with van der Waals surface area (Å²) in [7, 11) is 0. The molecule has 19 heavy (non-hydrogen) atoms. The molecule has 0 radical (unpaired) electrons. The largest absolute Gasteiger partial charge is 0.364 e. The molecule has 0 unspecified atom stereocenters. The van der Waals surface area contributed by atoms with Crippen molar-refractivity contribution in [3.8, 4) is 0 Å². The molecular weight excluding hydrogens is 282 g/mol. The number of aryl methyl sites for hydroxylation is 1. The van der Waals surface area contributed by atoms with Crippen LogP contribution in [0.3, 0.4) is 0 Å². The zero-order chi connectivity index (χ0) is 13.2. The monoisotopic (exact) mass is 293 g/mol. The Morgan fingerprint density at radius 1 is 1.32 bits per heavy atom. The summed E-state index contributed by atoms with van der Waals surface area (Å²) in [5.74, 6) is 0.704. The van der Waals surface area contributed by atoms with Gasteiger partial charge in [0.25, 0.3) is 0 Å². The number of rotatable bonds is 4. The molecule has 0 bridgehead atoms. The fourth-order valence-electron chi connectivity index (χ4n) is 1.82. The lowest BCUT2D eigenvalue weighted by Gasteiger charge is -2.05. The van der Waals surface area contributed by atoms with E-state index in [1.54, 1.807) is 17.5 Å². The van der Waals surface area contributed by atoms with Crippen molar-refractivity contribution in [3.05, 3.63) is 33.4 Å². The number of fused-ring (bicyclic) bond motifs is 1. The Morgan fingerprint density at radius 2 is 2.16 bits per heavy atom. The number of aromatic amines is 1. The van der Waals surface area contributed by atoms with E-state index in [0.717, 1.165) is 18.4 Å². The third-order valence-electron chi connectivity index (χ3n) is 2.78. The van der Waals surface area contributed by atoms with Crippen LogP contribution in [-0.2, 0) is 13.0 Å². The van der Waals surface area contributed by atoms with Crippen LogP contribution in [0.2, 0.25) is 5.28 Å². The number of nitrogens with one attached hydrogen (secondary N) is 2. The number of aromatic nitrogens is 4. The second-order valence-electron chi connectivity index (χ2n) is 4.05. The van der Waals surface area contributed by atoms with Crippen molar-refractivity contribution in [3.63, 3.8) is 0 Å². The first-order chi connectivity index (χ1) is 9.26. The van der Waals surface area contributed by atoms with Crippen LogP contribution in [-0.4, -0.2) is 20.2 Å². The quantitative estimate of drug-likeness (QED) is 0.725. The van der Waals surface area contributed by atoms with Crippen LogP contribution in [0.1, 0.15) is 16.7 Å². The zero-order valence-corrected chi connectivity index (χ0v) is 11.8. The van der Waals surface area contributed by atoms with Crippen LogP contribution in [0.5, 0.6) is 0 Å². The minimum Gasteiger partial charge on any atom is -0.364 e. The molecule has 7 heteroatoms. The highest BCUT2D eigenvalue weighted by Crippen LogP contribution is 2.22. The summed E-state index contributed by atoms with van der Waals surface area (Å²) in [5, 5.41) is 11.1. The lowest BCUT2D eigenvalue weighted by atomic mass is 10.3. The van der Waals surface area contributed by atoms with Gasteiger partial charge in [0.05, 0.1) is 18.1 Å². The fourth-order valence-corrected chi connectivity index (χ4v) is 2.89. The molecule has 2 N–H and O–H groups in total. The van der Waals surface area contributed by atoms with E-state index in [1.807, 2.05) is 0 Å².